The van der Waals surface area contributed by atoms with Crippen molar-refractivity contribution in [2.75, 3.05) is 13.2 Å². The van der Waals surface area contributed by atoms with E-state index < -0.39 is 17.5 Å². The van der Waals surface area contributed by atoms with Crippen LogP contribution in [0.3, 0.4) is 0 Å². The van der Waals surface area contributed by atoms with Crippen molar-refractivity contribution >= 4 is 17.8 Å². The van der Waals surface area contributed by atoms with Gasteiger partial charge in [-0.15, -0.1) is 0 Å². The maximum atomic E-state index is 11.8. The van der Waals surface area contributed by atoms with E-state index in [1.165, 1.54) is 52.9 Å². The molecule has 6 nitrogen and oxygen atoms in total. The molecular weight excluding hydrogens is 382 g/mol. The van der Waals surface area contributed by atoms with Crippen LogP contribution >= 0.6 is 0 Å². The number of hydrogen-bond donors (Lipinski definition) is 1. The van der Waals surface area contributed by atoms with Crippen LogP contribution in [-0.2, 0) is 23.9 Å². The van der Waals surface area contributed by atoms with E-state index in [4.69, 9.17) is 9.47 Å². The van der Waals surface area contributed by atoms with Gasteiger partial charge in [-0.05, 0) is 30.6 Å². The van der Waals surface area contributed by atoms with Crippen molar-refractivity contribution < 1.29 is 23.9 Å². The highest BCUT2D eigenvalue weighted by Gasteiger charge is 2.34. The Morgan fingerprint density at radius 1 is 0.733 bits per heavy atom. The Hall–Kier alpha value is -1.59. The predicted molar refractivity (Wildman–Crippen MR) is 120 cm³/mol. The van der Waals surface area contributed by atoms with E-state index in [0.717, 1.165) is 24.7 Å². The second-order valence-corrected chi connectivity index (χ2v) is 9.53. The lowest BCUT2D eigenvalue weighted by Crippen LogP contribution is -2.55. The molecule has 2 atom stereocenters. The number of esters is 2. The lowest BCUT2D eigenvalue weighted by atomic mass is 9.87. The Balaban J connectivity index is 4.64. The fourth-order valence-corrected chi connectivity index (χ4v) is 3.67. The van der Waals surface area contributed by atoms with Gasteiger partial charge in [0.2, 0.25) is 5.91 Å². The van der Waals surface area contributed by atoms with Gasteiger partial charge in [-0.25, -0.2) is 0 Å². The highest BCUT2D eigenvalue weighted by Crippen LogP contribution is 2.24. The predicted octanol–water partition coefficient (Wildman–Crippen LogP) is 5.04. The second-order valence-electron chi connectivity index (χ2n) is 9.53. The largest absolute Gasteiger partial charge is 0.463 e. The summed E-state index contributed by atoms with van der Waals surface area (Å²) in [5.74, 6) is 0.911. The summed E-state index contributed by atoms with van der Waals surface area (Å²) in [7, 11) is 0. The van der Waals surface area contributed by atoms with E-state index in [9.17, 15) is 14.4 Å². The zero-order chi connectivity index (χ0) is 23.2. The smallest absolute Gasteiger partial charge is 0.302 e. The summed E-state index contributed by atoms with van der Waals surface area (Å²) in [5.41, 5.74) is -0.887. The summed E-state index contributed by atoms with van der Waals surface area (Å²) in [5, 5.41) is 2.87. The molecule has 176 valence electrons. The normalized spacial score (nSPS) is 13.6. The van der Waals surface area contributed by atoms with Crippen LogP contribution in [0, 0.1) is 17.8 Å². The average Bonchev–Trinajstić information content (AvgIpc) is 2.62. The molecule has 0 saturated heterocycles. The molecule has 30 heavy (non-hydrogen) atoms. The van der Waals surface area contributed by atoms with Crippen molar-refractivity contribution in [2.45, 2.75) is 105 Å². The van der Waals surface area contributed by atoms with Crippen LogP contribution in [0.5, 0.6) is 0 Å². The van der Waals surface area contributed by atoms with Gasteiger partial charge >= 0.3 is 11.9 Å². The first-order valence-electron chi connectivity index (χ1n) is 11.5. The van der Waals surface area contributed by atoms with Gasteiger partial charge in [-0.1, -0.05) is 66.2 Å². The van der Waals surface area contributed by atoms with E-state index in [-0.39, 0.29) is 19.1 Å². The first-order valence-corrected chi connectivity index (χ1v) is 11.5. The zero-order valence-corrected chi connectivity index (χ0v) is 20.3. The lowest BCUT2D eigenvalue weighted by Gasteiger charge is -2.34. The first kappa shape index (κ1) is 28.4. The quantitative estimate of drug-likeness (QED) is 0.349. The van der Waals surface area contributed by atoms with Gasteiger partial charge in [0.1, 0.15) is 18.8 Å². The van der Waals surface area contributed by atoms with Crippen LogP contribution in [-0.4, -0.2) is 36.6 Å². The summed E-state index contributed by atoms with van der Waals surface area (Å²) in [6.45, 7) is 13.2. The average molecular weight is 428 g/mol. The molecule has 0 aromatic rings. The van der Waals surface area contributed by atoms with E-state index in [2.05, 4.69) is 33.0 Å². The molecular formula is C24H45NO5. The third-order valence-corrected chi connectivity index (χ3v) is 5.53. The molecule has 6 heteroatoms. The molecule has 0 rings (SSSR count). The molecule has 0 aromatic carbocycles. The molecule has 0 saturated carbocycles. The summed E-state index contributed by atoms with van der Waals surface area (Å²) in [4.78, 5) is 34.4. The van der Waals surface area contributed by atoms with Crippen molar-refractivity contribution in [1.29, 1.82) is 0 Å². The minimum atomic E-state index is -0.887. The Morgan fingerprint density at radius 3 is 1.57 bits per heavy atom. The molecule has 0 radical (unpaired) electrons. The summed E-state index contributed by atoms with van der Waals surface area (Å²) >= 11 is 0. The second kappa shape index (κ2) is 15.2. The molecule has 0 fully saturated rings. The van der Waals surface area contributed by atoms with Gasteiger partial charge in [-0.3, -0.25) is 14.4 Å². The zero-order valence-electron chi connectivity index (χ0n) is 20.3. The molecule has 0 spiro atoms. The van der Waals surface area contributed by atoms with Crippen molar-refractivity contribution in [3.8, 4) is 0 Å². The number of ether oxygens (including phenoxy) is 2. The molecule has 0 aliphatic heterocycles. The van der Waals surface area contributed by atoms with Crippen molar-refractivity contribution in [1.82, 2.24) is 5.32 Å². The van der Waals surface area contributed by atoms with Crippen LogP contribution in [0.2, 0.25) is 0 Å². The van der Waals surface area contributed by atoms with Gasteiger partial charge in [0.25, 0.3) is 0 Å². The molecule has 1 amide bonds. The summed E-state index contributed by atoms with van der Waals surface area (Å²) in [6, 6.07) is 0. The SMILES string of the molecule is CC(=O)NC(CCC(C)CCCC(C)CCCC(C)C)(COC(C)=O)COC(C)=O. The minimum absolute atomic E-state index is 0.00516. The number of carbonyl (C=O) groups is 3. The Kier molecular flexibility index (Phi) is 14.4. The molecule has 0 bridgehead atoms. The van der Waals surface area contributed by atoms with Gasteiger partial charge in [-0.2, -0.15) is 0 Å². The fraction of sp³-hybridized carbons (Fsp3) is 0.875. The Bertz CT molecular complexity index is 500. The van der Waals surface area contributed by atoms with Gasteiger partial charge < -0.3 is 14.8 Å². The van der Waals surface area contributed by atoms with Crippen LogP contribution < -0.4 is 5.32 Å². The molecule has 0 heterocycles. The van der Waals surface area contributed by atoms with Crippen LogP contribution in [0.1, 0.15) is 99.8 Å². The highest BCUT2D eigenvalue weighted by molar-refractivity contribution is 5.74. The van der Waals surface area contributed by atoms with Crippen molar-refractivity contribution in [2.24, 2.45) is 17.8 Å². The van der Waals surface area contributed by atoms with Crippen LogP contribution in [0.25, 0.3) is 0 Å². The van der Waals surface area contributed by atoms with Gasteiger partial charge in [0, 0.05) is 20.8 Å². The molecule has 0 aliphatic rings. The number of nitrogens with one attached hydrogen (secondary N) is 1. The van der Waals surface area contributed by atoms with Crippen LogP contribution in [0.15, 0.2) is 0 Å². The fourth-order valence-electron chi connectivity index (χ4n) is 3.67. The number of amides is 1. The molecule has 0 aromatic heterocycles. The van der Waals surface area contributed by atoms with E-state index in [1.807, 2.05) is 0 Å². The maximum absolute atomic E-state index is 11.8. The monoisotopic (exact) mass is 427 g/mol. The highest BCUT2D eigenvalue weighted by atomic mass is 16.5. The topological polar surface area (TPSA) is 81.7 Å². The Morgan fingerprint density at radius 2 is 1.17 bits per heavy atom. The Labute approximate surface area is 183 Å². The standard InChI is InChI=1S/C24H45NO5/c1-18(2)10-8-11-19(3)12-9-13-20(4)14-15-24(25-21(5)26,16-29-22(6)27)17-30-23(7)28/h18-20H,8-17H2,1-7H3,(H,25,26). The number of hydrogen-bond acceptors (Lipinski definition) is 5. The minimum Gasteiger partial charge on any atom is -0.463 e. The first-order chi connectivity index (χ1) is 14.0. The maximum Gasteiger partial charge on any atom is 0.302 e. The van der Waals surface area contributed by atoms with Gasteiger partial charge in [0.05, 0.1) is 0 Å². The molecule has 0 aliphatic carbocycles. The summed E-state index contributed by atoms with van der Waals surface area (Å²) < 4.78 is 10.4. The lowest BCUT2D eigenvalue weighted by molar-refractivity contribution is -0.150. The van der Waals surface area contributed by atoms with E-state index in [1.54, 1.807) is 0 Å². The number of rotatable bonds is 16. The van der Waals surface area contributed by atoms with Crippen molar-refractivity contribution in [3.63, 3.8) is 0 Å². The summed E-state index contributed by atoms with van der Waals surface area (Å²) in [6.07, 6.45) is 8.87. The molecule has 1 N–H and O–H groups in total. The van der Waals surface area contributed by atoms with E-state index >= 15 is 0 Å². The third kappa shape index (κ3) is 15.3. The molecule has 2 unspecified atom stereocenters. The van der Waals surface area contributed by atoms with Gasteiger partial charge in [0.15, 0.2) is 0 Å². The third-order valence-electron chi connectivity index (χ3n) is 5.53. The number of carbonyl (C=O) groups excluding carboxylic acids is 3. The van der Waals surface area contributed by atoms with E-state index in [0.29, 0.717) is 12.3 Å². The van der Waals surface area contributed by atoms with Crippen molar-refractivity contribution in [3.05, 3.63) is 0 Å². The van der Waals surface area contributed by atoms with Crippen LogP contribution in [0.4, 0.5) is 0 Å².